The van der Waals surface area contributed by atoms with Gasteiger partial charge in [0.1, 0.15) is 5.82 Å². The Morgan fingerprint density at radius 3 is 2.92 bits per heavy atom. The minimum Gasteiger partial charge on any atom is -0.358 e. The summed E-state index contributed by atoms with van der Waals surface area (Å²) in [5.74, 6) is 1.84. The van der Waals surface area contributed by atoms with Crippen LogP contribution in [-0.2, 0) is 0 Å². The van der Waals surface area contributed by atoms with Gasteiger partial charge in [-0.3, -0.25) is 0 Å². The minimum atomic E-state index is 0.542. The summed E-state index contributed by atoms with van der Waals surface area (Å²) in [4.78, 5) is 4.27. The van der Waals surface area contributed by atoms with Crippen LogP contribution in [0, 0.1) is 12.8 Å². The van der Waals surface area contributed by atoms with E-state index in [9.17, 15) is 0 Å². The summed E-state index contributed by atoms with van der Waals surface area (Å²) >= 11 is 1.45. The number of hydrogen-bond acceptors (Lipinski definition) is 4. The van der Waals surface area contributed by atoms with Crippen LogP contribution in [0.2, 0.25) is 0 Å². The SMILES string of the molecule is Cc1nsc(NC(C)CC2CC2)n1. The third kappa shape index (κ3) is 2.66. The fraction of sp³-hybridized carbons (Fsp3) is 0.778. The van der Waals surface area contributed by atoms with E-state index in [1.165, 1.54) is 30.8 Å². The van der Waals surface area contributed by atoms with Gasteiger partial charge in [0.15, 0.2) is 0 Å². The number of aryl methyl sites for hydroxylation is 1. The Bertz CT molecular complexity index is 280. The van der Waals surface area contributed by atoms with Crippen molar-refractivity contribution in [1.29, 1.82) is 0 Å². The van der Waals surface area contributed by atoms with Gasteiger partial charge in [-0.1, -0.05) is 12.8 Å². The molecule has 0 saturated heterocycles. The first kappa shape index (κ1) is 8.94. The number of anilines is 1. The lowest BCUT2D eigenvalue weighted by Gasteiger charge is -2.10. The molecule has 0 radical (unpaired) electrons. The predicted octanol–water partition coefficient (Wildman–Crippen LogP) is 2.45. The van der Waals surface area contributed by atoms with Gasteiger partial charge in [0.05, 0.1) is 0 Å². The Hall–Kier alpha value is -0.640. The quantitative estimate of drug-likeness (QED) is 0.805. The molecule has 1 heterocycles. The molecule has 1 aliphatic rings. The molecule has 0 aromatic carbocycles. The van der Waals surface area contributed by atoms with Crippen molar-refractivity contribution < 1.29 is 0 Å². The first-order valence-corrected chi connectivity index (χ1v) is 5.58. The van der Waals surface area contributed by atoms with Crippen molar-refractivity contribution in [1.82, 2.24) is 9.36 Å². The van der Waals surface area contributed by atoms with Crippen LogP contribution in [0.15, 0.2) is 0 Å². The van der Waals surface area contributed by atoms with E-state index in [0.717, 1.165) is 16.9 Å². The Morgan fingerprint density at radius 1 is 1.62 bits per heavy atom. The zero-order valence-electron chi connectivity index (χ0n) is 8.08. The topological polar surface area (TPSA) is 37.8 Å². The van der Waals surface area contributed by atoms with Crippen LogP contribution in [0.3, 0.4) is 0 Å². The van der Waals surface area contributed by atoms with Crippen molar-refractivity contribution in [2.45, 2.75) is 39.2 Å². The molecule has 72 valence electrons. The van der Waals surface area contributed by atoms with E-state index < -0.39 is 0 Å². The summed E-state index contributed by atoms with van der Waals surface area (Å²) in [6.07, 6.45) is 4.11. The van der Waals surface area contributed by atoms with Crippen LogP contribution in [-0.4, -0.2) is 15.4 Å². The molecule has 3 nitrogen and oxygen atoms in total. The second-order valence-corrected chi connectivity index (χ2v) is 4.62. The molecule has 1 aromatic rings. The summed E-state index contributed by atoms with van der Waals surface area (Å²) < 4.78 is 4.13. The molecule has 4 heteroatoms. The van der Waals surface area contributed by atoms with Crippen molar-refractivity contribution in [2.75, 3.05) is 5.32 Å². The first-order valence-electron chi connectivity index (χ1n) is 4.81. The minimum absolute atomic E-state index is 0.542. The fourth-order valence-electron chi connectivity index (χ4n) is 1.48. The van der Waals surface area contributed by atoms with Crippen LogP contribution in [0.5, 0.6) is 0 Å². The zero-order chi connectivity index (χ0) is 9.26. The summed E-state index contributed by atoms with van der Waals surface area (Å²) in [5, 5.41) is 4.34. The van der Waals surface area contributed by atoms with E-state index in [2.05, 4.69) is 21.6 Å². The lowest BCUT2D eigenvalue weighted by molar-refractivity contribution is 0.641. The smallest absolute Gasteiger partial charge is 0.202 e. The largest absolute Gasteiger partial charge is 0.358 e. The molecule has 1 saturated carbocycles. The molecule has 0 aliphatic heterocycles. The molecular weight excluding hydrogens is 182 g/mol. The third-order valence-electron chi connectivity index (χ3n) is 2.28. The highest BCUT2D eigenvalue weighted by Gasteiger charge is 2.23. The molecule has 0 amide bonds. The Kier molecular flexibility index (Phi) is 2.49. The summed E-state index contributed by atoms with van der Waals surface area (Å²) in [6.45, 7) is 4.14. The van der Waals surface area contributed by atoms with Gasteiger partial charge >= 0.3 is 0 Å². The third-order valence-corrected chi connectivity index (χ3v) is 3.02. The van der Waals surface area contributed by atoms with Crippen LogP contribution in [0.25, 0.3) is 0 Å². The van der Waals surface area contributed by atoms with E-state index >= 15 is 0 Å². The van der Waals surface area contributed by atoms with Gasteiger partial charge in [0.25, 0.3) is 0 Å². The standard InChI is InChI=1S/C9H15N3S/c1-6(5-8-3-4-8)10-9-11-7(2)12-13-9/h6,8H,3-5H2,1-2H3,(H,10,11,12). The van der Waals surface area contributed by atoms with Gasteiger partial charge < -0.3 is 5.32 Å². The molecule has 0 bridgehead atoms. The van der Waals surface area contributed by atoms with E-state index in [1.807, 2.05) is 6.92 Å². The van der Waals surface area contributed by atoms with Crippen molar-refractivity contribution in [3.8, 4) is 0 Å². The summed E-state index contributed by atoms with van der Waals surface area (Å²) in [7, 11) is 0. The van der Waals surface area contributed by atoms with Crippen LogP contribution in [0.4, 0.5) is 5.13 Å². The highest BCUT2D eigenvalue weighted by Crippen LogP contribution is 2.34. The summed E-state index contributed by atoms with van der Waals surface area (Å²) in [6, 6.07) is 0.542. The monoisotopic (exact) mass is 197 g/mol. The Balaban J connectivity index is 1.82. The molecule has 13 heavy (non-hydrogen) atoms. The van der Waals surface area contributed by atoms with Gasteiger partial charge in [0.2, 0.25) is 5.13 Å². The molecule has 1 unspecified atom stereocenters. The molecule has 1 aromatic heterocycles. The predicted molar refractivity (Wildman–Crippen MR) is 55.1 cm³/mol. The molecule has 1 atom stereocenters. The van der Waals surface area contributed by atoms with Crippen molar-refractivity contribution in [3.63, 3.8) is 0 Å². The molecule has 1 fully saturated rings. The molecule has 2 rings (SSSR count). The number of nitrogens with one attached hydrogen (secondary N) is 1. The van der Waals surface area contributed by atoms with Crippen LogP contribution >= 0.6 is 11.5 Å². The number of rotatable bonds is 4. The highest BCUT2D eigenvalue weighted by atomic mass is 32.1. The zero-order valence-corrected chi connectivity index (χ0v) is 8.90. The second kappa shape index (κ2) is 3.62. The van der Waals surface area contributed by atoms with Gasteiger partial charge in [0, 0.05) is 17.6 Å². The Labute approximate surface area is 82.8 Å². The van der Waals surface area contributed by atoms with Gasteiger partial charge in [-0.15, -0.1) is 0 Å². The number of aromatic nitrogens is 2. The van der Waals surface area contributed by atoms with Gasteiger partial charge in [-0.2, -0.15) is 4.37 Å². The van der Waals surface area contributed by atoms with Crippen molar-refractivity contribution in [3.05, 3.63) is 5.82 Å². The number of nitrogens with zero attached hydrogens (tertiary/aromatic N) is 2. The number of hydrogen-bond donors (Lipinski definition) is 1. The van der Waals surface area contributed by atoms with Crippen molar-refractivity contribution >= 4 is 16.7 Å². The normalized spacial score (nSPS) is 18.6. The fourth-order valence-corrected chi connectivity index (χ4v) is 2.17. The average Bonchev–Trinajstić information content (AvgIpc) is 2.76. The first-order chi connectivity index (χ1) is 6.24. The maximum absolute atomic E-state index is 4.27. The van der Waals surface area contributed by atoms with E-state index in [-0.39, 0.29) is 0 Å². The molecule has 0 spiro atoms. The molecule has 1 aliphatic carbocycles. The summed E-state index contributed by atoms with van der Waals surface area (Å²) in [5.41, 5.74) is 0. The average molecular weight is 197 g/mol. The Morgan fingerprint density at radius 2 is 2.38 bits per heavy atom. The maximum Gasteiger partial charge on any atom is 0.202 e. The van der Waals surface area contributed by atoms with Crippen molar-refractivity contribution in [2.24, 2.45) is 5.92 Å². The van der Waals surface area contributed by atoms with Gasteiger partial charge in [-0.05, 0) is 26.2 Å². The second-order valence-electron chi connectivity index (χ2n) is 3.87. The van der Waals surface area contributed by atoms with E-state index in [0.29, 0.717) is 6.04 Å². The van der Waals surface area contributed by atoms with Crippen LogP contribution in [0.1, 0.15) is 32.0 Å². The lowest BCUT2D eigenvalue weighted by Crippen LogP contribution is -2.15. The van der Waals surface area contributed by atoms with E-state index in [4.69, 9.17) is 0 Å². The molecular formula is C9H15N3S. The van der Waals surface area contributed by atoms with E-state index in [1.54, 1.807) is 0 Å². The van der Waals surface area contributed by atoms with Crippen LogP contribution < -0.4 is 5.32 Å². The van der Waals surface area contributed by atoms with Gasteiger partial charge in [-0.25, -0.2) is 4.98 Å². The molecule has 1 N–H and O–H groups in total. The lowest BCUT2D eigenvalue weighted by atomic mass is 10.2. The maximum atomic E-state index is 4.27. The highest BCUT2D eigenvalue weighted by molar-refractivity contribution is 7.09.